The molecule has 122 valence electrons. The molecule has 1 unspecified atom stereocenters. The minimum absolute atomic E-state index is 0.117. The van der Waals surface area contributed by atoms with Gasteiger partial charge in [0.25, 0.3) is 11.8 Å². The Hall–Kier alpha value is -2.42. The van der Waals surface area contributed by atoms with Crippen LogP contribution >= 0.6 is 11.3 Å². The zero-order chi connectivity index (χ0) is 16.4. The molecular formula is C14H16FN5O2S. The van der Waals surface area contributed by atoms with Gasteiger partial charge in [0.2, 0.25) is 0 Å². The van der Waals surface area contributed by atoms with E-state index in [1.807, 2.05) is 0 Å². The van der Waals surface area contributed by atoms with Crippen molar-refractivity contribution in [3.05, 3.63) is 34.8 Å². The molecule has 1 aliphatic heterocycles. The van der Waals surface area contributed by atoms with Gasteiger partial charge in [0.1, 0.15) is 17.2 Å². The van der Waals surface area contributed by atoms with Crippen LogP contribution in [0.3, 0.4) is 0 Å². The van der Waals surface area contributed by atoms with Crippen molar-refractivity contribution in [1.29, 1.82) is 0 Å². The Labute approximate surface area is 135 Å². The van der Waals surface area contributed by atoms with Gasteiger partial charge in [-0.3, -0.25) is 9.59 Å². The van der Waals surface area contributed by atoms with Crippen molar-refractivity contribution in [2.24, 2.45) is 0 Å². The zero-order valence-electron chi connectivity index (χ0n) is 12.2. The number of hydrogen-bond acceptors (Lipinski definition) is 5. The lowest BCUT2D eigenvalue weighted by molar-refractivity contribution is 0.0720. The van der Waals surface area contributed by atoms with Crippen molar-refractivity contribution >= 4 is 28.3 Å². The normalized spacial score (nSPS) is 17.4. The van der Waals surface area contributed by atoms with E-state index in [-0.39, 0.29) is 29.2 Å². The van der Waals surface area contributed by atoms with Crippen LogP contribution in [-0.2, 0) is 0 Å². The van der Waals surface area contributed by atoms with Crippen molar-refractivity contribution in [2.75, 3.05) is 18.8 Å². The Morgan fingerprint density at radius 3 is 3.04 bits per heavy atom. The van der Waals surface area contributed by atoms with Crippen LogP contribution in [0.4, 0.5) is 9.52 Å². The number of likely N-dealkylation sites (tertiary alicyclic amines) is 1. The van der Waals surface area contributed by atoms with Gasteiger partial charge in [-0.1, -0.05) is 0 Å². The van der Waals surface area contributed by atoms with Crippen LogP contribution in [0.15, 0.2) is 17.6 Å². The van der Waals surface area contributed by atoms with E-state index in [4.69, 9.17) is 5.73 Å². The molecule has 1 saturated heterocycles. The number of thiazole rings is 1. The molecule has 23 heavy (non-hydrogen) atoms. The van der Waals surface area contributed by atoms with E-state index in [1.165, 1.54) is 17.4 Å². The van der Waals surface area contributed by atoms with Crippen LogP contribution in [0.5, 0.6) is 0 Å². The highest BCUT2D eigenvalue weighted by atomic mass is 32.1. The standard InChI is InChI=1S/C14H16FN5O2S/c15-8-4-10(17-5-8)13(22)20-3-1-2-9(20)6-18-12(21)11-7-23-14(16)19-11/h4-5,7,9,17H,1-3,6H2,(H2,16,19)(H,18,21). The van der Waals surface area contributed by atoms with Crippen molar-refractivity contribution in [2.45, 2.75) is 18.9 Å². The molecular weight excluding hydrogens is 321 g/mol. The second-order valence-corrected chi connectivity index (χ2v) is 6.20. The number of carbonyl (C=O) groups excluding carboxylic acids is 2. The maximum atomic E-state index is 13.0. The summed E-state index contributed by atoms with van der Waals surface area (Å²) < 4.78 is 13.0. The van der Waals surface area contributed by atoms with Gasteiger partial charge in [-0.25, -0.2) is 9.37 Å². The van der Waals surface area contributed by atoms with E-state index < -0.39 is 5.82 Å². The quantitative estimate of drug-likeness (QED) is 0.780. The number of aromatic nitrogens is 2. The summed E-state index contributed by atoms with van der Waals surface area (Å²) in [6.07, 6.45) is 2.78. The number of H-pyrrole nitrogens is 1. The van der Waals surface area contributed by atoms with Crippen LogP contribution < -0.4 is 11.1 Å². The average Bonchev–Trinajstić information content (AvgIpc) is 3.24. The number of nitrogens with zero attached hydrogens (tertiary/aromatic N) is 2. The van der Waals surface area contributed by atoms with Crippen LogP contribution in [0, 0.1) is 5.82 Å². The highest BCUT2D eigenvalue weighted by molar-refractivity contribution is 7.13. The van der Waals surface area contributed by atoms with E-state index >= 15 is 0 Å². The minimum atomic E-state index is -0.474. The molecule has 0 bridgehead atoms. The first-order valence-corrected chi connectivity index (χ1v) is 8.06. The fourth-order valence-electron chi connectivity index (χ4n) is 2.65. The molecule has 2 aromatic rings. The van der Waals surface area contributed by atoms with Gasteiger partial charge in [-0.05, 0) is 12.8 Å². The van der Waals surface area contributed by atoms with Gasteiger partial charge in [0, 0.05) is 36.8 Å². The fourth-order valence-corrected chi connectivity index (χ4v) is 3.20. The Balaban J connectivity index is 1.61. The Kier molecular flexibility index (Phi) is 4.28. The SMILES string of the molecule is Nc1nc(C(=O)NCC2CCCN2C(=O)c2cc(F)c[nH]2)cs1. The van der Waals surface area contributed by atoms with Gasteiger partial charge < -0.3 is 20.9 Å². The summed E-state index contributed by atoms with van der Waals surface area (Å²) >= 11 is 1.20. The lowest BCUT2D eigenvalue weighted by Gasteiger charge is -2.24. The molecule has 4 N–H and O–H groups in total. The van der Waals surface area contributed by atoms with Crippen molar-refractivity contribution in [1.82, 2.24) is 20.2 Å². The summed E-state index contributed by atoms with van der Waals surface area (Å²) in [5.74, 6) is -1.05. The van der Waals surface area contributed by atoms with Gasteiger partial charge in [0.15, 0.2) is 5.13 Å². The highest BCUT2D eigenvalue weighted by Crippen LogP contribution is 2.20. The maximum absolute atomic E-state index is 13.0. The molecule has 0 aliphatic carbocycles. The van der Waals surface area contributed by atoms with Gasteiger partial charge >= 0.3 is 0 Å². The third-order valence-corrected chi connectivity index (χ3v) is 4.44. The molecule has 1 atom stereocenters. The third-order valence-electron chi connectivity index (χ3n) is 3.77. The van der Waals surface area contributed by atoms with E-state index in [0.717, 1.165) is 19.0 Å². The van der Waals surface area contributed by atoms with Crippen molar-refractivity contribution < 1.29 is 14.0 Å². The molecule has 2 amide bonds. The van der Waals surface area contributed by atoms with Crippen LogP contribution in [0.1, 0.15) is 33.8 Å². The molecule has 9 heteroatoms. The second-order valence-electron chi connectivity index (χ2n) is 5.31. The number of hydrogen-bond donors (Lipinski definition) is 3. The molecule has 0 radical (unpaired) electrons. The number of rotatable bonds is 4. The van der Waals surface area contributed by atoms with Gasteiger partial charge in [-0.2, -0.15) is 0 Å². The summed E-state index contributed by atoms with van der Waals surface area (Å²) in [5, 5.41) is 4.69. The average molecular weight is 337 g/mol. The molecule has 3 heterocycles. The fraction of sp³-hybridized carbons (Fsp3) is 0.357. The van der Waals surface area contributed by atoms with Crippen molar-refractivity contribution in [3.8, 4) is 0 Å². The summed E-state index contributed by atoms with van der Waals surface area (Å²) in [4.78, 5) is 32.6. The van der Waals surface area contributed by atoms with E-state index in [9.17, 15) is 14.0 Å². The van der Waals surface area contributed by atoms with Crippen LogP contribution in [0.25, 0.3) is 0 Å². The highest BCUT2D eigenvalue weighted by Gasteiger charge is 2.30. The minimum Gasteiger partial charge on any atom is -0.375 e. The van der Waals surface area contributed by atoms with Crippen LogP contribution in [0.2, 0.25) is 0 Å². The molecule has 0 saturated carbocycles. The number of nitrogens with one attached hydrogen (secondary N) is 2. The second kappa shape index (κ2) is 6.37. The third kappa shape index (κ3) is 3.34. The number of nitrogens with two attached hydrogens (primary N) is 1. The molecule has 0 aromatic carbocycles. The van der Waals surface area contributed by atoms with E-state index in [2.05, 4.69) is 15.3 Å². The summed E-state index contributed by atoms with van der Waals surface area (Å²) in [7, 11) is 0. The lowest BCUT2D eigenvalue weighted by atomic mass is 10.2. The van der Waals surface area contributed by atoms with E-state index in [0.29, 0.717) is 18.2 Å². The summed E-state index contributed by atoms with van der Waals surface area (Å²) in [6, 6.07) is 1.06. The summed E-state index contributed by atoms with van der Waals surface area (Å²) in [6.45, 7) is 0.912. The predicted molar refractivity (Wildman–Crippen MR) is 83.7 cm³/mol. The number of anilines is 1. The first-order valence-electron chi connectivity index (χ1n) is 7.18. The van der Waals surface area contributed by atoms with Gasteiger partial charge in [-0.15, -0.1) is 11.3 Å². The zero-order valence-corrected chi connectivity index (χ0v) is 13.0. The summed E-state index contributed by atoms with van der Waals surface area (Å²) in [5.41, 5.74) is 5.99. The first kappa shape index (κ1) is 15.5. The maximum Gasteiger partial charge on any atom is 0.270 e. The smallest absolute Gasteiger partial charge is 0.270 e. The van der Waals surface area contributed by atoms with Crippen molar-refractivity contribution in [3.63, 3.8) is 0 Å². The predicted octanol–water partition coefficient (Wildman–Crippen LogP) is 1.23. The molecule has 0 spiro atoms. The molecule has 7 nitrogen and oxygen atoms in total. The van der Waals surface area contributed by atoms with Crippen LogP contribution in [-0.4, -0.2) is 45.8 Å². The molecule has 1 fully saturated rings. The van der Waals surface area contributed by atoms with Gasteiger partial charge in [0.05, 0.1) is 0 Å². The Bertz CT molecular complexity index is 728. The van der Waals surface area contributed by atoms with E-state index in [1.54, 1.807) is 10.3 Å². The molecule has 3 rings (SSSR count). The number of amides is 2. The molecule has 2 aromatic heterocycles. The number of aromatic amines is 1. The number of carbonyl (C=O) groups is 2. The molecule has 1 aliphatic rings. The Morgan fingerprint density at radius 1 is 1.57 bits per heavy atom. The lowest BCUT2D eigenvalue weighted by Crippen LogP contribution is -2.43. The number of halogens is 1. The first-order chi connectivity index (χ1) is 11.0. The Morgan fingerprint density at radius 2 is 2.39 bits per heavy atom. The topological polar surface area (TPSA) is 104 Å². The number of nitrogen functional groups attached to an aromatic ring is 1. The monoisotopic (exact) mass is 337 g/mol. The largest absolute Gasteiger partial charge is 0.375 e.